The Balaban J connectivity index is 1.49. The van der Waals surface area contributed by atoms with Gasteiger partial charge in [0.15, 0.2) is 0 Å². The average Bonchev–Trinajstić information content (AvgIpc) is 3.08. The number of fused-ring (bicyclic) bond motifs is 3. The number of thiophene rings is 1. The van der Waals surface area contributed by atoms with Gasteiger partial charge in [-0.3, -0.25) is 0 Å². The summed E-state index contributed by atoms with van der Waals surface area (Å²) in [4.78, 5) is 4.35. The van der Waals surface area contributed by atoms with Crippen molar-refractivity contribution < 1.29 is 0 Å². The highest BCUT2D eigenvalue weighted by molar-refractivity contribution is 9.10. The molecule has 0 saturated heterocycles. The molecule has 5 aromatic rings. The topological polar surface area (TPSA) is 24.9 Å². The van der Waals surface area contributed by atoms with Crippen LogP contribution in [0.5, 0.6) is 0 Å². The second-order valence-corrected chi connectivity index (χ2v) is 8.28. The number of nitrogens with zero attached hydrogens (tertiary/aromatic N) is 1. The van der Waals surface area contributed by atoms with Crippen LogP contribution in [0.1, 0.15) is 0 Å². The minimum atomic E-state index is 0.816. The van der Waals surface area contributed by atoms with E-state index in [0.717, 1.165) is 16.0 Å². The normalized spacial score (nSPS) is 11.1. The van der Waals surface area contributed by atoms with Gasteiger partial charge in [-0.15, -0.1) is 11.3 Å². The standard InChI is InChI=1S/C23H15BrN2S/c24-20-5-3-13-25-23(20)26-17-10-7-15(8-11-17)16-9-12-22-19(14-16)18-4-1-2-6-21(18)27-22/h1-14H,(H,25,26). The van der Waals surface area contributed by atoms with Crippen molar-refractivity contribution in [2.24, 2.45) is 0 Å². The number of hydrogen-bond donors (Lipinski definition) is 1. The van der Waals surface area contributed by atoms with E-state index in [1.807, 2.05) is 23.5 Å². The van der Waals surface area contributed by atoms with Crippen molar-refractivity contribution in [1.82, 2.24) is 4.98 Å². The van der Waals surface area contributed by atoms with Crippen LogP contribution in [-0.2, 0) is 0 Å². The number of hydrogen-bond acceptors (Lipinski definition) is 3. The summed E-state index contributed by atoms with van der Waals surface area (Å²) in [5.74, 6) is 0.816. The lowest BCUT2D eigenvalue weighted by Gasteiger charge is -2.08. The van der Waals surface area contributed by atoms with Gasteiger partial charge >= 0.3 is 0 Å². The van der Waals surface area contributed by atoms with Gasteiger partial charge in [-0.2, -0.15) is 0 Å². The van der Waals surface area contributed by atoms with Crippen LogP contribution in [0.4, 0.5) is 11.5 Å². The molecule has 0 unspecified atom stereocenters. The second-order valence-electron chi connectivity index (χ2n) is 6.35. The van der Waals surface area contributed by atoms with Crippen molar-refractivity contribution in [3.63, 3.8) is 0 Å². The maximum absolute atomic E-state index is 4.35. The van der Waals surface area contributed by atoms with E-state index in [9.17, 15) is 0 Å². The van der Waals surface area contributed by atoms with Crippen molar-refractivity contribution in [3.8, 4) is 11.1 Å². The van der Waals surface area contributed by atoms with Crippen LogP contribution in [-0.4, -0.2) is 4.98 Å². The van der Waals surface area contributed by atoms with Gasteiger partial charge in [0.1, 0.15) is 5.82 Å². The molecule has 2 aromatic heterocycles. The molecule has 0 aliphatic rings. The van der Waals surface area contributed by atoms with Crippen molar-refractivity contribution in [2.45, 2.75) is 0 Å². The first-order valence-corrected chi connectivity index (χ1v) is 10.3. The Morgan fingerprint density at radius 1 is 0.741 bits per heavy atom. The SMILES string of the molecule is Brc1cccnc1Nc1ccc(-c2ccc3sc4ccccc4c3c2)cc1. The van der Waals surface area contributed by atoms with E-state index in [1.165, 1.54) is 31.3 Å². The van der Waals surface area contributed by atoms with Gasteiger partial charge in [0.2, 0.25) is 0 Å². The third kappa shape index (κ3) is 3.11. The summed E-state index contributed by atoms with van der Waals surface area (Å²) in [5.41, 5.74) is 3.45. The fourth-order valence-corrected chi connectivity index (χ4v) is 4.71. The van der Waals surface area contributed by atoms with Crippen LogP contribution in [0.15, 0.2) is 89.5 Å². The van der Waals surface area contributed by atoms with E-state index >= 15 is 0 Å². The third-order valence-corrected chi connectivity index (χ3v) is 6.41. The van der Waals surface area contributed by atoms with Gasteiger partial charge in [0, 0.05) is 32.1 Å². The lowest BCUT2D eigenvalue weighted by Crippen LogP contribution is -1.93. The van der Waals surface area contributed by atoms with Crippen molar-refractivity contribution in [2.75, 3.05) is 5.32 Å². The van der Waals surface area contributed by atoms with Gasteiger partial charge in [-0.25, -0.2) is 4.98 Å². The number of rotatable bonds is 3. The molecule has 0 aliphatic carbocycles. The van der Waals surface area contributed by atoms with E-state index < -0.39 is 0 Å². The van der Waals surface area contributed by atoms with E-state index in [1.54, 1.807) is 6.20 Å². The van der Waals surface area contributed by atoms with Gasteiger partial charge in [0.25, 0.3) is 0 Å². The van der Waals surface area contributed by atoms with Gasteiger partial charge in [-0.05, 0) is 69.5 Å². The Morgan fingerprint density at radius 3 is 2.37 bits per heavy atom. The molecule has 0 spiro atoms. The Morgan fingerprint density at radius 2 is 1.52 bits per heavy atom. The van der Waals surface area contributed by atoms with Crippen molar-refractivity contribution >= 4 is 58.9 Å². The number of pyridine rings is 1. The molecule has 3 aromatic carbocycles. The Bertz CT molecular complexity index is 1260. The molecule has 2 heterocycles. The summed E-state index contributed by atoms with van der Waals surface area (Å²) in [6.45, 7) is 0. The molecular weight excluding hydrogens is 416 g/mol. The molecule has 27 heavy (non-hydrogen) atoms. The molecule has 130 valence electrons. The molecule has 0 radical (unpaired) electrons. The van der Waals surface area contributed by atoms with Crippen LogP contribution >= 0.6 is 27.3 Å². The first kappa shape index (κ1) is 16.5. The van der Waals surface area contributed by atoms with Gasteiger partial charge in [0.05, 0.1) is 4.47 Å². The molecule has 1 N–H and O–H groups in total. The van der Waals surface area contributed by atoms with E-state index in [4.69, 9.17) is 0 Å². The molecule has 2 nitrogen and oxygen atoms in total. The average molecular weight is 431 g/mol. The summed E-state index contributed by atoms with van der Waals surface area (Å²) in [7, 11) is 0. The van der Waals surface area contributed by atoms with Crippen LogP contribution in [0.25, 0.3) is 31.3 Å². The monoisotopic (exact) mass is 430 g/mol. The lowest BCUT2D eigenvalue weighted by atomic mass is 10.0. The lowest BCUT2D eigenvalue weighted by molar-refractivity contribution is 1.29. The van der Waals surface area contributed by atoms with Gasteiger partial charge < -0.3 is 5.32 Å². The second kappa shape index (κ2) is 6.80. The molecule has 0 aliphatic heterocycles. The molecule has 0 fully saturated rings. The first-order chi connectivity index (χ1) is 13.3. The smallest absolute Gasteiger partial charge is 0.144 e. The highest BCUT2D eigenvalue weighted by Crippen LogP contribution is 2.36. The quantitative estimate of drug-likeness (QED) is 0.318. The van der Waals surface area contributed by atoms with E-state index in [2.05, 4.69) is 93.0 Å². The summed E-state index contributed by atoms with van der Waals surface area (Å²) < 4.78 is 3.62. The number of halogens is 1. The van der Waals surface area contributed by atoms with Crippen LogP contribution in [0.2, 0.25) is 0 Å². The van der Waals surface area contributed by atoms with E-state index in [0.29, 0.717) is 0 Å². The highest BCUT2D eigenvalue weighted by atomic mass is 79.9. The summed E-state index contributed by atoms with van der Waals surface area (Å²) in [5, 5.41) is 6.00. The Hall–Kier alpha value is -2.69. The van der Waals surface area contributed by atoms with Crippen LogP contribution in [0, 0.1) is 0 Å². The zero-order chi connectivity index (χ0) is 18.2. The maximum Gasteiger partial charge on any atom is 0.144 e. The Kier molecular flexibility index (Phi) is 4.15. The van der Waals surface area contributed by atoms with E-state index in [-0.39, 0.29) is 0 Å². The van der Waals surface area contributed by atoms with Crippen molar-refractivity contribution in [3.05, 3.63) is 89.5 Å². The molecule has 0 bridgehead atoms. The Labute approximate surface area is 169 Å². The van der Waals surface area contributed by atoms with Gasteiger partial charge in [-0.1, -0.05) is 36.4 Å². The largest absolute Gasteiger partial charge is 0.339 e. The molecular formula is C23H15BrN2S. The molecule has 0 amide bonds. The summed E-state index contributed by atoms with van der Waals surface area (Å²) >= 11 is 5.37. The summed E-state index contributed by atoms with van der Waals surface area (Å²) in [6, 6.07) is 27.7. The van der Waals surface area contributed by atoms with Crippen LogP contribution in [0.3, 0.4) is 0 Å². The highest BCUT2D eigenvalue weighted by Gasteiger charge is 2.07. The minimum Gasteiger partial charge on any atom is -0.339 e. The predicted octanol–water partition coefficient (Wildman–Crippen LogP) is 7.62. The number of nitrogens with one attached hydrogen (secondary N) is 1. The van der Waals surface area contributed by atoms with Crippen molar-refractivity contribution in [1.29, 1.82) is 0 Å². The predicted molar refractivity (Wildman–Crippen MR) is 120 cm³/mol. The van der Waals surface area contributed by atoms with Crippen LogP contribution < -0.4 is 5.32 Å². The minimum absolute atomic E-state index is 0.816. The third-order valence-electron chi connectivity index (χ3n) is 4.62. The number of anilines is 2. The fraction of sp³-hybridized carbons (Fsp3) is 0. The molecule has 0 atom stereocenters. The number of aromatic nitrogens is 1. The molecule has 5 rings (SSSR count). The molecule has 4 heteroatoms. The number of benzene rings is 3. The maximum atomic E-state index is 4.35. The summed E-state index contributed by atoms with van der Waals surface area (Å²) in [6.07, 6.45) is 1.78. The zero-order valence-corrected chi connectivity index (χ0v) is 16.7. The molecule has 0 saturated carbocycles. The zero-order valence-electron chi connectivity index (χ0n) is 14.3. The fourth-order valence-electron chi connectivity index (χ4n) is 3.27. The first-order valence-electron chi connectivity index (χ1n) is 8.67.